The van der Waals surface area contributed by atoms with Crippen LogP contribution in [0.5, 0.6) is 0 Å². The zero-order chi connectivity index (χ0) is 16.2. The van der Waals surface area contributed by atoms with Crippen molar-refractivity contribution < 1.29 is 9.53 Å². The number of nitrogen functional groups attached to an aromatic ring is 1. The van der Waals surface area contributed by atoms with Crippen molar-refractivity contribution in [2.75, 3.05) is 12.3 Å². The van der Waals surface area contributed by atoms with Gasteiger partial charge in [-0.1, -0.05) is 5.92 Å². The Hall–Kier alpha value is -2.82. The Morgan fingerprint density at radius 1 is 1.45 bits per heavy atom. The van der Waals surface area contributed by atoms with E-state index < -0.39 is 11.7 Å². The number of nitrogens with two attached hydrogens (primary N) is 1. The Balaban J connectivity index is 1.90. The van der Waals surface area contributed by atoms with Gasteiger partial charge >= 0.3 is 6.09 Å². The summed E-state index contributed by atoms with van der Waals surface area (Å²) in [5.74, 6) is 6.16. The largest absolute Gasteiger partial charge is 0.444 e. The van der Waals surface area contributed by atoms with Crippen molar-refractivity contribution in [3.8, 4) is 11.8 Å². The van der Waals surface area contributed by atoms with Crippen LogP contribution < -0.4 is 11.1 Å². The van der Waals surface area contributed by atoms with Gasteiger partial charge in [-0.05, 0) is 26.7 Å². The Kier molecular flexibility index (Phi) is 4.46. The molecule has 2 aromatic rings. The summed E-state index contributed by atoms with van der Waals surface area (Å²) in [6.45, 7) is 5.81. The zero-order valence-electron chi connectivity index (χ0n) is 12.7. The molecule has 1 amide bonds. The number of alkyl carbamates (subject to hydrolysis) is 1. The SMILES string of the molecule is CC(C)(C)OC(=O)NCCC#Cc1[nH]nc2ncnc(N)c12. The van der Waals surface area contributed by atoms with Gasteiger partial charge in [0.05, 0.1) is 5.39 Å². The minimum atomic E-state index is -0.512. The molecule has 0 aliphatic rings. The number of rotatable bonds is 2. The molecule has 8 nitrogen and oxygen atoms in total. The standard InChI is InChI=1S/C14H18N6O2/c1-14(2,3)22-13(21)16-7-5-4-6-9-10-11(15)17-8-18-12(10)20-19-9/h8H,5,7H2,1-3H3,(H,16,21)(H3,15,17,18,19,20). The van der Waals surface area contributed by atoms with E-state index in [0.29, 0.717) is 35.5 Å². The predicted molar refractivity (Wildman–Crippen MR) is 81.8 cm³/mol. The molecule has 0 saturated heterocycles. The number of amides is 1. The van der Waals surface area contributed by atoms with Crippen LogP contribution in [0.15, 0.2) is 6.33 Å². The molecule has 0 saturated carbocycles. The second-order valence-corrected chi connectivity index (χ2v) is 5.54. The summed E-state index contributed by atoms with van der Waals surface area (Å²) in [6, 6.07) is 0. The second-order valence-electron chi connectivity index (χ2n) is 5.54. The fraction of sp³-hybridized carbons (Fsp3) is 0.429. The van der Waals surface area contributed by atoms with E-state index in [2.05, 4.69) is 37.3 Å². The first-order valence-corrected chi connectivity index (χ1v) is 6.77. The Morgan fingerprint density at radius 2 is 2.23 bits per heavy atom. The molecule has 0 aliphatic carbocycles. The van der Waals surface area contributed by atoms with E-state index in [1.807, 2.05) is 20.8 Å². The fourth-order valence-electron chi connectivity index (χ4n) is 1.66. The van der Waals surface area contributed by atoms with Crippen molar-refractivity contribution in [1.82, 2.24) is 25.5 Å². The first-order chi connectivity index (χ1) is 10.4. The van der Waals surface area contributed by atoms with Gasteiger partial charge in [-0.25, -0.2) is 14.8 Å². The summed E-state index contributed by atoms with van der Waals surface area (Å²) in [5.41, 5.74) is 6.30. The van der Waals surface area contributed by atoms with Crippen molar-refractivity contribution in [1.29, 1.82) is 0 Å². The van der Waals surface area contributed by atoms with Gasteiger partial charge in [0.2, 0.25) is 0 Å². The Morgan fingerprint density at radius 3 is 2.95 bits per heavy atom. The van der Waals surface area contributed by atoms with Crippen molar-refractivity contribution in [3.63, 3.8) is 0 Å². The van der Waals surface area contributed by atoms with Crippen LogP contribution in [0.1, 0.15) is 32.9 Å². The number of aromatic nitrogens is 4. The topological polar surface area (TPSA) is 119 Å². The van der Waals surface area contributed by atoms with Crippen LogP contribution >= 0.6 is 0 Å². The van der Waals surface area contributed by atoms with Gasteiger partial charge in [-0.2, -0.15) is 5.10 Å². The highest BCUT2D eigenvalue weighted by Crippen LogP contribution is 2.17. The Labute approximate surface area is 127 Å². The average molecular weight is 302 g/mol. The summed E-state index contributed by atoms with van der Waals surface area (Å²) in [6.07, 6.45) is 1.35. The number of carbonyl (C=O) groups excluding carboxylic acids is 1. The number of ether oxygens (including phenoxy) is 1. The van der Waals surface area contributed by atoms with Gasteiger partial charge in [-0.15, -0.1) is 0 Å². The van der Waals surface area contributed by atoms with Gasteiger partial charge in [0, 0.05) is 13.0 Å². The van der Waals surface area contributed by atoms with E-state index in [4.69, 9.17) is 10.5 Å². The highest BCUT2D eigenvalue weighted by Gasteiger charge is 2.15. The van der Waals surface area contributed by atoms with Gasteiger partial charge in [0.15, 0.2) is 5.65 Å². The van der Waals surface area contributed by atoms with Crippen molar-refractivity contribution in [3.05, 3.63) is 12.0 Å². The highest BCUT2D eigenvalue weighted by atomic mass is 16.6. The third-order valence-corrected chi connectivity index (χ3v) is 2.51. The van der Waals surface area contributed by atoms with E-state index in [9.17, 15) is 4.79 Å². The normalized spacial score (nSPS) is 10.9. The van der Waals surface area contributed by atoms with Crippen LogP contribution in [-0.4, -0.2) is 38.4 Å². The van der Waals surface area contributed by atoms with E-state index in [1.165, 1.54) is 6.33 Å². The van der Waals surface area contributed by atoms with Gasteiger partial charge in [0.1, 0.15) is 23.4 Å². The van der Waals surface area contributed by atoms with E-state index in [-0.39, 0.29) is 0 Å². The summed E-state index contributed by atoms with van der Waals surface area (Å²) in [4.78, 5) is 19.3. The molecular weight excluding hydrogens is 284 g/mol. The Bertz CT molecular complexity index is 735. The molecule has 2 aromatic heterocycles. The van der Waals surface area contributed by atoms with Gasteiger partial charge in [-0.3, -0.25) is 5.10 Å². The lowest BCUT2D eigenvalue weighted by Gasteiger charge is -2.19. The number of anilines is 1. The number of carbonyl (C=O) groups is 1. The summed E-state index contributed by atoms with van der Waals surface area (Å²) < 4.78 is 5.12. The lowest BCUT2D eigenvalue weighted by Crippen LogP contribution is -2.32. The molecule has 0 bridgehead atoms. The first-order valence-electron chi connectivity index (χ1n) is 6.77. The van der Waals surface area contributed by atoms with E-state index in [0.717, 1.165) is 0 Å². The third-order valence-electron chi connectivity index (χ3n) is 2.51. The van der Waals surface area contributed by atoms with Crippen molar-refractivity contribution >= 4 is 22.9 Å². The number of aromatic amines is 1. The monoisotopic (exact) mass is 302 g/mol. The lowest BCUT2D eigenvalue weighted by atomic mass is 10.2. The quantitative estimate of drug-likeness (QED) is 0.566. The molecule has 8 heteroatoms. The number of nitrogens with zero attached hydrogens (tertiary/aromatic N) is 3. The van der Waals surface area contributed by atoms with Crippen molar-refractivity contribution in [2.24, 2.45) is 0 Å². The minimum absolute atomic E-state index is 0.329. The molecule has 4 N–H and O–H groups in total. The van der Waals surface area contributed by atoms with Gasteiger partial charge < -0.3 is 15.8 Å². The van der Waals surface area contributed by atoms with E-state index in [1.54, 1.807) is 0 Å². The van der Waals surface area contributed by atoms with Crippen LogP contribution in [0.2, 0.25) is 0 Å². The van der Waals surface area contributed by atoms with Crippen LogP contribution in [0, 0.1) is 11.8 Å². The smallest absolute Gasteiger partial charge is 0.407 e. The van der Waals surface area contributed by atoms with Gasteiger partial charge in [0.25, 0.3) is 0 Å². The molecule has 0 fully saturated rings. The second kappa shape index (κ2) is 6.30. The van der Waals surface area contributed by atoms with Crippen LogP contribution in [0.3, 0.4) is 0 Å². The number of nitrogens with one attached hydrogen (secondary N) is 2. The maximum absolute atomic E-state index is 11.4. The molecule has 0 spiro atoms. The average Bonchev–Trinajstić information content (AvgIpc) is 2.81. The maximum Gasteiger partial charge on any atom is 0.407 e. The highest BCUT2D eigenvalue weighted by molar-refractivity contribution is 5.89. The zero-order valence-corrected chi connectivity index (χ0v) is 12.7. The van der Waals surface area contributed by atoms with Crippen LogP contribution in [0.4, 0.5) is 10.6 Å². The molecular formula is C14H18N6O2. The summed E-state index contributed by atoms with van der Waals surface area (Å²) >= 11 is 0. The molecule has 2 rings (SSSR count). The number of H-pyrrole nitrogens is 1. The molecule has 0 aliphatic heterocycles. The van der Waals surface area contributed by atoms with Crippen LogP contribution in [-0.2, 0) is 4.74 Å². The van der Waals surface area contributed by atoms with Crippen LogP contribution in [0.25, 0.3) is 11.0 Å². The lowest BCUT2D eigenvalue weighted by molar-refractivity contribution is 0.0529. The molecule has 0 unspecified atom stereocenters. The molecule has 2 heterocycles. The summed E-state index contributed by atoms with van der Waals surface area (Å²) in [7, 11) is 0. The number of fused-ring (bicyclic) bond motifs is 1. The number of hydrogen-bond donors (Lipinski definition) is 3. The van der Waals surface area contributed by atoms with Crippen molar-refractivity contribution in [2.45, 2.75) is 32.8 Å². The molecule has 0 radical (unpaired) electrons. The molecule has 116 valence electrons. The minimum Gasteiger partial charge on any atom is -0.444 e. The first kappa shape index (κ1) is 15.6. The molecule has 0 atom stereocenters. The fourth-order valence-corrected chi connectivity index (χ4v) is 1.66. The summed E-state index contributed by atoms with van der Waals surface area (Å²) in [5, 5.41) is 10.0. The number of hydrogen-bond acceptors (Lipinski definition) is 6. The predicted octanol–water partition coefficient (Wildman–Crippen LogP) is 1.20. The van der Waals surface area contributed by atoms with E-state index >= 15 is 0 Å². The molecule has 22 heavy (non-hydrogen) atoms. The maximum atomic E-state index is 11.4. The third kappa shape index (κ3) is 4.09. The molecule has 0 aromatic carbocycles.